The van der Waals surface area contributed by atoms with Gasteiger partial charge in [-0.25, -0.2) is 0 Å². The molecular weight excluding hydrogens is 398 g/mol. The lowest BCUT2D eigenvalue weighted by atomic mass is 9.95. The molecule has 5 nitrogen and oxygen atoms in total. The highest BCUT2D eigenvalue weighted by atomic mass is 16.5. The highest BCUT2D eigenvalue weighted by Crippen LogP contribution is 2.27. The molecular formula is C27H37N3O2. The summed E-state index contributed by atoms with van der Waals surface area (Å²) in [5.74, 6) is 1.69. The number of ether oxygens (including phenoxy) is 1. The number of piperazine rings is 1. The first-order chi connectivity index (χ1) is 15.7. The van der Waals surface area contributed by atoms with Gasteiger partial charge in [-0.2, -0.15) is 0 Å². The molecule has 1 unspecified atom stereocenters. The third-order valence-corrected chi connectivity index (χ3v) is 6.85. The number of anilines is 2. The zero-order valence-electron chi connectivity index (χ0n) is 19.4. The molecule has 0 radical (unpaired) electrons. The van der Waals surface area contributed by atoms with Crippen molar-refractivity contribution in [3.63, 3.8) is 0 Å². The van der Waals surface area contributed by atoms with Crippen molar-refractivity contribution < 1.29 is 9.53 Å². The molecule has 2 aliphatic heterocycles. The summed E-state index contributed by atoms with van der Waals surface area (Å²) in [5.41, 5.74) is 2.64. The third kappa shape index (κ3) is 6.26. The van der Waals surface area contributed by atoms with E-state index in [1.165, 1.54) is 43.9 Å². The average Bonchev–Trinajstić information content (AvgIpc) is 2.85. The van der Waals surface area contributed by atoms with Gasteiger partial charge in [-0.15, -0.1) is 0 Å². The number of aldehydes is 1. The molecule has 2 aromatic carbocycles. The number of hydrogen-bond donors (Lipinski definition) is 0. The predicted molar refractivity (Wildman–Crippen MR) is 132 cm³/mol. The molecule has 2 aromatic rings. The van der Waals surface area contributed by atoms with Gasteiger partial charge in [-0.1, -0.05) is 18.2 Å². The molecule has 2 heterocycles. The van der Waals surface area contributed by atoms with E-state index in [1.807, 2.05) is 6.92 Å². The molecule has 2 fully saturated rings. The van der Waals surface area contributed by atoms with E-state index in [4.69, 9.17) is 4.74 Å². The fourth-order valence-electron chi connectivity index (χ4n) is 4.90. The van der Waals surface area contributed by atoms with Crippen LogP contribution < -0.4 is 14.5 Å². The smallest absolute Gasteiger partial charge is 0.120 e. The molecule has 1 atom stereocenters. The average molecular weight is 436 g/mol. The highest BCUT2D eigenvalue weighted by Gasteiger charge is 2.24. The molecule has 0 spiro atoms. The van der Waals surface area contributed by atoms with Crippen LogP contribution in [0.25, 0.3) is 0 Å². The fraction of sp³-hybridized carbons (Fsp3) is 0.519. The van der Waals surface area contributed by atoms with Crippen molar-refractivity contribution in [3.05, 3.63) is 54.6 Å². The molecule has 0 aliphatic carbocycles. The Bertz CT molecular complexity index is 811. The van der Waals surface area contributed by atoms with Crippen LogP contribution in [0.15, 0.2) is 54.6 Å². The molecule has 2 saturated heterocycles. The number of carbonyl (C=O) groups excluding carboxylic acids is 1. The number of nitrogens with zero attached hydrogens (tertiary/aromatic N) is 3. The van der Waals surface area contributed by atoms with E-state index >= 15 is 0 Å². The van der Waals surface area contributed by atoms with Crippen molar-refractivity contribution in [1.29, 1.82) is 0 Å². The van der Waals surface area contributed by atoms with Crippen LogP contribution in [0.4, 0.5) is 11.4 Å². The minimum atomic E-state index is 0.0661. The molecule has 0 amide bonds. The Balaban J connectivity index is 1.18. The Labute approximate surface area is 193 Å². The standard InChI is InChI=1S/C27H37N3O2/c1-23(6-5-21-31)32-27-11-9-26(10-12-27)29-15-13-24(14-16-29)22-28-17-19-30(20-18-28)25-7-3-2-4-8-25/h2-4,7-12,21,23-24H,5-6,13-20,22H2,1H3. The largest absolute Gasteiger partial charge is 0.491 e. The first-order valence-electron chi connectivity index (χ1n) is 12.2. The maximum atomic E-state index is 10.5. The first-order valence-corrected chi connectivity index (χ1v) is 12.2. The van der Waals surface area contributed by atoms with Crippen molar-refractivity contribution in [1.82, 2.24) is 4.90 Å². The fourth-order valence-corrected chi connectivity index (χ4v) is 4.90. The number of carbonyl (C=O) groups is 1. The van der Waals surface area contributed by atoms with Crippen LogP contribution in [0.1, 0.15) is 32.6 Å². The monoisotopic (exact) mass is 435 g/mol. The maximum absolute atomic E-state index is 10.5. The predicted octanol–water partition coefficient (Wildman–Crippen LogP) is 4.47. The Morgan fingerprint density at radius 3 is 2.16 bits per heavy atom. The number of hydrogen-bond acceptors (Lipinski definition) is 5. The molecule has 172 valence electrons. The normalized spacial score (nSPS) is 19.0. The van der Waals surface area contributed by atoms with Gasteiger partial charge in [0.05, 0.1) is 6.10 Å². The molecule has 0 aromatic heterocycles. The molecule has 2 aliphatic rings. The third-order valence-electron chi connectivity index (χ3n) is 6.85. The second-order valence-corrected chi connectivity index (χ2v) is 9.22. The first kappa shape index (κ1) is 22.7. The minimum absolute atomic E-state index is 0.0661. The van der Waals surface area contributed by atoms with E-state index in [2.05, 4.69) is 69.3 Å². The van der Waals surface area contributed by atoms with E-state index < -0.39 is 0 Å². The molecule has 4 rings (SSSR count). The summed E-state index contributed by atoms with van der Waals surface area (Å²) in [4.78, 5) is 18.2. The Morgan fingerprint density at radius 1 is 0.875 bits per heavy atom. The van der Waals surface area contributed by atoms with Crippen LogP contribution in [0.3, 0.4) is 0 Å². The number of benzene rings is 2. The van der Waals surface area contributed by atoms with E-state index in [1.54, 1.807) is 0 Å². The number of para-hydroxylation sites is 1. The van der Waals surface area contributed by atoms with Crippen molar-refractivity contribution >= 4 is 17.7 Å². The van der Waals surface area contributed by atoms with Gasteiger partial charge < -0.3 is 19.3 Å². The Hall–Kier alpha value is -2.53. The van der Waals surface area contributed by atoms with Gasteiger partial charge in [0.1, 0.15) is 12.0 Å². The lowest BCUT2D eigenvalue weighted by molar-refractivity contribution is -0.108. The summed E-state index contributed by atoms with van der Waals surface area (Å²) in [6.45, 7) is 10.1. The lowest BCUT2D eigenvalue weighted by Gasteiger charge is -2.40. The molecule has 0 bridgehead atoms. The van der Waals surface area contributed by atoms with Crippen LogP contribution in [0.2, 0.25) is 0 Å². The lowest BCUT2D eigenvalue weighted by Crippen LogP contribution is -2.49. The van der Waals surface area contributed by atoms with Gasteiger partial charge in [-0.3, -0.25) is 4.90 Å². The Morgan fingerprint density at radius 2 is 1.50 bits per heavy atom. The summed E-state index contributed by atoms with van der Waals surface area (Å²) in [6.07, 6.45) is 4.87. The molecule has 0 N–H and O–H groups in total. The topological polar surface area (TPSA) is 36.0 Å². The van der Waals surface area contributed by atoms with Crippen molar-refractivity contribution in [3.8, 4) is 5.75 Å². The van der Waals surface area contributed by atoms with Crippen molar-refractivity contribution in [2.24, 2.45) is 5.92 Å². The Kier molecular flexibility index (Phi) is 8.05. The van der Waals surface area contributed by atoms with Crippen LogP contribution in [-0.4, -0.2) is 63.1 Å². The van der Waals surface area contributed by atoms with Gasteiger partial charge in [0.2, 0.25) is 0 Å². The summed E-state index contributed by atoms with van der Waals surface area (Å²) < 4.78 is 5.91. The zero-order valence-corrected chi connectivity index (χ0v) is 19.4. The van der Waals surface area contributed by atoms with E-state index in [0.717, 1.165) is 50.6 Å². The van der Waals surface area contributed by atoms with Crippen LogP contribution in [0.5, 0.6) is 5.75 Å². The van der Waals surface area contributed by atoms with Gasteiger partial charge in [0.15, 0.2) is 0 Å². The molecule has 32 heavy (non-hydrogen) atoms. The number of piperidine rings is 1. The minimum Gasteiger partial charge on any atom is -0.491 e. The van der Waals surface area contributed by atoms with Gasteiger partial charge in [0, 0.05) is 63.6 Å². The van der Waals surface area contributed by atoms with Crippen molar-refractivity contribution in [2.75, 3.05) is 55.6 Å². The number of rotatable bonds is 9. The van der Waals surface area contributed by atoms with Crippen LogP contribution >= 0.6 is 0 Å². The SMILES string of the molecule is CC(CCC=O)Oc1ccc(N2CCC(CN3CCN(c4ccccc4)CC3)CC2)cc1. The van der Waals surface area contributed by atoms with Crippen LogP contribution in [-0.2, 0) is 4.79 Å². The summed E-state index contributed by atoms with van der Waals surface area (Å²) in [7, 11) is 0. The van der Waals surface area contributed by atoms with Crippen LogP contribution in [0, 0.1) is 5.92 Å². The summed E-state index contributed by atoms with van der Waals surface area (Å²) in [5, 5.41) is 0. The van der Waals surface area contributed by atoms with E-state index in [9.17, 15) is 4.79 Å². The van der Waals surface area contributed by atoms with Crippen molar-refractivity contribution in [2.45, 2.75) is 38.7 Å². The van der Waals surface area contributed by atoms with Gasteiger partial charge in [-0.05, 0) is 68.5 Å². The zero-order chi connectivity index (χ0) is 22.2. The van der Waals surface area contributed by atoms with E-state index in [0.29, 0.717) is 6.42 Å². The second kappa shape index (κ2) is 11.4. The van der Waals surface area contributed by atoms with E-state index in [-0.39, 0.29) is 6.10 Å². The summed E-state index contributed by atoms with van der Waals surface area (Å²) >= 11 is 0. The summed E-state index contributed by atoms with van der Waals surface area (Å²) in [6, 6.07) is 19.3. The second-order valence-electron chi connectivity index (χ2n) is 9.22. The molecule has 5 heteroatoms. The maximum Gasteiger partial charge on any atom is 0.120 e. The van der Waals surface area contributed by atoms with Gasteiger partial charge in [0.25, 0.3) is 0 Å². The molecule has 0 saturated carbocycles. The highest BCUT2D eigenvalue weighted by molar-refractivity contribution is 5.50. The van der Waals surface area contributed by atoms with Gasteiger partial charge >= 0.3 is 0 Å². The quantitative estimate of drug-likeness (QED) is 0.543.